The van der Waals surface area contributed by atoms with Crippen molar-refractivity contribution in [2.24, 2.45) is 5.41 Å². The molecule has 1 heterocycles. The lowest BCUT2D eigenvalue weighted by Crippen LogP contribution is -2.25. The monoisotopic (exact) mass is 231 g/mol. The van der Waals surface area contributed by atoms with E-state index in [4.69, 9.17) is 5.11 Å². The van der Waals surface area contributed by atoms with Crippen molar-refractivity contribution in [3.8, 4) is 0 Å². The van der Waals surface area contributed by atoms with E-state index in [1.807, 2.05) is 12.1 Å². The van der Waals surface area contributed by atoms with Crippen LogP contribution in [0.3, 0.4) is 0 Å². The zero-order chi connectivity index (χ0) is 12.0. The number of aromatic carboxylic acids is 1. The Morgan fingerprint density at radius 3 is 2.76 bits per heavy atom. The van der Waals surface area contributed by atoms with E-state index in [1.165, 1.54) is 24.1 Å². The average molecular weight is 231 g/mol. The Balaban J connectivity index is 1.91. The van der Waals surface area contributed by atoms with Gasteiger partial charge in [-0.25, -0.2) is 4.79 Å². The fraction of sp³-hybridized carbons (Fsp3) is 0.500. The van der Waals surface area contributed by atoms with Crippen LogP contribution in [-0.2, 0) is 12.8 Å². The molecular weight excluding hydrogens is 214 g/mol. The topological polar surface area (TPSA) is 40.5 Å². The summed E-state index contributed by atoms with van der Waals surface area (Å²) in [6.07, 6.45) is 3.40. The number of hydrogen-bond acceptors (Lipinski definition) is 2. The van der Waals surface area contributed by atoms with Crippen LogP contribution in [0.5, 0.6) is 0 Å². The molecule has 0 aromatic heterocycles. The van der Waals surface area contributed by atoms with Gasteiger partial charge in [-0.05, 0) is 61.5 Å². The second-order valence-corrected chi connectivity index (χ2v) is 5.63. The largest absolute Gasteiger partial charge is 0.478 e. The minimum Gasteiger partial charge on any atom is -0.478 e. The first-order valence-corrected chi connectivity index (χ1v) is 6.12. The van der Waals surface area contributed by atoms with Gasteiger partial charge in [0.15, 0.2) is 0 Å². The first-order chi connectivity index (χ1) is 8.08. The SMILES string of the molecule is CN1CC[C@]2(Cc3ccc(C(=O)O)cc3C2)C1. The second-order valence-electron chi connectivity index (χ2n) is 5.63. The summed E-state index contributed by atoms with van der Waals surface area (Å²) >= 11 is 0. The molecule has 1 aromatic rings. The number of hydrogen-bond donors (Lipinski definition) is 1. The number of carboxylic acids is 1. The van der Waals surface area contributed by atoms with Crippen molar-refractivity contribution in [2.45, 2.75) is 19.3 Å². The Hall–Kier alpha value is -1.35. The molecule has 0 unspecified atom stereocenters. The van der Waals surface area contributed by atoms with E-state index in [0.717, 1.165) is 19.4 Å². The molecule has 1 N–H and O–H groups in total. The predicted octanol–water partition coefficient (Wildman–Crippen LogP) is 1.81. The molecule has 0 amide bonds. The van der Waals surface area contributed by atoms with Crippen LogP contribution in [0.15, 0.2) is 18.2 Å². The lowest BCUT2D eigenvalue weighted by molar-refractivity contribution is 0.0696. The molecule has 1 spiro atoms. The fourth-order valence-corrected chi connectivity index (χ4v) is 3.41. The Morgan fingerprint density at radius 2 is 2.12 bits per heavy atom. The molecule has 1 atom stereocenters. The fourth-order valence-electron chi connectivity index (χ4n) is 3.41. The van der Waals surface area contributed by atoms with Gasteiger partial charge in [0.2, 0.25) is 0 Å². The molecule has 0 radical (unpaired) electrons. The van der Waals surface area contributed by atoms with Crippen molar-refractivity contribution in [2.75, 3.05) is 20.1 Å². The van der Waals surface area contributed by atoms with Crippen LogP contribution < -0.4 is 0 Å². The molecule has 3 rings (SSSR count). The number of rotatable bonds is 1. The highest BCUT2D eigenvalue weighted by molar-refractivity contribution is 5.88. The van der Waals surface area contributed by atoms with Crippen LogP contribution >= 0.6 is 0 Å². The van der Waals surface area contributed by atoms with Crippen LogP contribution in [-0.4, -0.2) is 36.1 Å². The van der Waals surface area contributed by atoms with E-state index in [-0.39, 0.29) is 0 Å². The smallest absolute Gasteiger partial charge is 0.335 e. The molecule has 1 saturated heterocycles. The molecule has 1 aromatic carbocycles. The Kier molecular flexibility index (Phi) is 2.26. The third-order valence-electron chi connectivity index (χ3n) is 4.21. The van der Waals surface area contributed by atoms with Crippen molar-refractivity contribution in [3.63, 3.8) is 0 Å². The highest BCUT2D eigenvalue weighted by Crippen LogP contribution is 2.43. The molecule has 1 fully saturated rings. The average Bonchev–Trinajstić information content (AvgIpc) is 2.80. The van der Waals surface area contributed by atoms with Crippen LogP contribution in [0.25, 0.3) is 0 Å². The predicted molar refractivity (Wildman–Crippen MR) is 65.4 cm³/mol. The summed E-state index contributed by atoms with van der Waals surface area (Å²) in [4.78, 5) is 13.3. The zero-order valence-corrected chi connectivity index (χ0v) is 10.1. The van der Waals surface area contributed by atoms with Gasteiger partial charge < -0.3 is 10.0 Å². The molecule has 3 nitrogen and oxygen atoms in total. The van der Waals surface area contributed by atoms with Crippen LogP contribution in [0.4, 0.5) is 0 Å². The Bertz CT molecular complexity index is 483. The van der Waals surface area contributed by atoms with Crippen LogP contribution in [0.1, 0.15) is 27.9 Å². The molecule has 3 heteroatoms. The summed E-state index contributed by atoms with van der Waals surface area (Å²) < 4.78 is 0. The number of nitrogens with zero attached hydrogens (tertiary/aromatic N) is 1. The van der Waals surface area contributed by atoms with Gasteiger partial charge in [-0.3, -0.25) is 0 Å². The van der Waals surface area contributed by atoms with Gasteiger partial charge in [0.25, 0.3) is 0 Å². The van der Waals surface area contributed by atoms with Gasteiger partial charge in [0.1, 0.15) is 0 Å². The van der Waals surface area contributed by atoms with E-state index in [1.54, 1.807) is 6.07 Å². The number of benzene rings is 1. The van der Waals surface area contributed by atoms with Gasteiger partial charge in [-0.1, -0.05) is 6.07 Å². The summed E-state index contributed by atoms with van der Waals surface area (Å²) in [7, 11) is 2.17. The maximum absolute atomic E-state index is 11.0. The summed E-state index contributed by atoms with van der Waals surface area (Å²) in [6, 6.07) is 5.61. The normalized spacial score (nSPS) is 27.6. The van der Waals surface area contributed by atoms with E-state index in [9.17, 15) is 4.79 Å². The summed E-state index contributed by atoms with van der Waals surface area (Å²) in [5.41, 5.74) is 3.41. The summed E-state index contributed by atoms with van der Waals surface area (Å²) in [5, 5.41) is 9.01. The zero-order valence-electron chi connectivity index (χ0n) is 10.1. The van der Waals surface area contributed by atoms with Crippen molar-refractivity contribution in [3.05, 3.63) is 34.9 Å². The first-order valence-electron chi connectivity index (χ1n) is 6.12. The minimum absolute atomic E-state index is 0.383. The highest BCUT2D eigenvalue weighted by atomic mass is 16.4. The third-order valence-corrected chi connectivity index (χ3v) is 4.21. The quantitative estimate of drug-likeness (QED) is 0.801. The number of fused-ring (bicyclic) bond motifs is 1. The molecule has 0 bridgehead atoms. The van der Waals surface area contributed by atoms with Crippen molar-refractivity contribution in [1.82, 2.24) is 4.90 Å². The molecule has 1 aliphatic carbocycles. The van der Waals surface area contributed by atoms with Gasteiger partial charge in [0.05, 0.1) is 5.56 Å². The van der Waals surface area contributed by atoms with Gasteiger partial charge in [-0.15, -0.1) is 0 Å². The van der Waals surface area contributed by atoms with E-state index < -0.39 is 5.97 Å². The molecule has 17 heavy (non-hydrogen) atoms. The van der Waals surface area contributed by atoms with Gasteiger partial charge in [-0.2, -0.15) is 0 Å². The number of carbonyl (C=O) groups is 1. The van der Waals surface area contributed by atoms with Gasteiger partial charge >= 0.3 is 5.97 Å². The lowest BCUT2D eigenvalue weighted by atomic mass is 9.84. The molecule has 90 valence electrons. The molecule has 2 aliphatic rings. The summed E-state index contributed by atoms with van der Waals surface area (Å²) in [5.74, 6) is -0.822. The molecule has 1 aliphatic heterocycles. The standard InChI is InChI=1S/C14H17NO2/c1-15-5-4-14(9-15)7-11-3-2-10(13(16)17)6-12(11)8-14/h2-3,6H,4-5,7-9H2,1H3,(H,16,17)/t14-/m1/s1. The molecule has 0 saturated carbocycles. The second kappa shape index (κ2) is 3.57. The highest BCUT2D eigenvalue weighted by Gasteiger charge is 2.41. The maximum Gasteiger partial charge on any atom is 0.335 e. The van der Waals surface area contributed by atoms with Crippen LogP contribution in [0, 0.1) is 5.41 Å². The third kappa shape index (κ3) is 1.75. The van der Waals surface area contributed by atoms with Crippen LogP contribution in [0.2, 0.25) is 0 Å². The Morgan fingerprint density at radius 1 is 1.35 bits per heavy atom. The molecular formula is C14H17NO2. The Labute approximate surface area is 101 Å². The summed E-state index contributed by atoms with van der Waals surface area (Å²) in [6.45, 7) is 2.31. The van der Waals surface area contributed by atoms with E-state index in [2.05, 4.69) is 11.9 Å². The van der Waals surface area contributed by atoms with E-state index in [0.29, 0.717) is 11.0 Å². The van der Waals surface area contributed by atoms with Crippen molar-refractivity contribution >= 4 is 5.97 Å². The van der Waals surface area contributed by atoms with E-state index >= 15 is 0 Å². The maximum atomic E-state index is 11.0. The number of likely N-dealkylation sites (tertiary alicyclic amines) is 1. The van der Waals surface area contributed by atoms with Crippen molar-refractivity contribution in [1.29, 1.82) is 0 Å². The lowest BCUT2D eigenvalue weighted by Gasteiger charge is -2.22. The minimum atomic E-state index is -0.822. The van der Waals surface area contributed by atoms with Gasteiger partial charge in [0, 0.05) is 6.54 Å². The van der Waals surface area contributed by atoms with Crippen molar-refractivity contribution < 1.29 is 9.90 Å². The first kappa shape index (κ1) is 10.8. The number of carboxylic acid groups (broad SMARTS) is 1.